The minimum absolute atomic E-state index is 0.377. The summed E-state index contributed by atoms with van der Waals surface area (Å²) in [5.41, 5.74) is 2.00. The van der Waals surface area contributed by atoms with Crippen molar-refractivity contribution in [2.75, 3.05) is 20.3 Å². The van der Waals surface area contributed by atoms with Crippen LogP contribution in [0.5, 0.6) is 5.75 Å². The third-order valence-corrected chi connectivity index (χ3v) is 2.92. The number of nitrogens with zero attached hydrogens (tertiary/aromatic N) is 1. The van der Waals surface area contributed by atoms with E-state index in [0.717, 1.165) is 43.3 Å². The van der Waals surface area contributed by atoms with Crippen LogP contribution < -0.4 is 10.1 Å². The van der Waals surface area contributed by atoms with Gasteiger partial charge in [-0.15, -0.1) is 0 Å². The molecular weight excluding hydrogens is 216 g/mol. The smallest absolute Gasteiger partial charge is 0.122 e. The lowest BCUT2D eigenvalue weighted by Gasteiger charge is -2.11. The van der Waals surface area contributed by atoms with E-state index in [2.05, 4.69) is 10.3 Å². The molecule has 2 heterocycles. The minimum atomic E-state index is 0.377. The molecule has 0 saturated carbocycles. The fraction of sp³-hybridized carbons (Fsp3) is 0.615. The van der Waals surface area contributed by atoms with Crippen LogP contribution in [0.25, 0.3) is 0 Å². The maximum atomic E-state index is 5.55. The molecule has 0 radical (unpaired) electrons. The monoisotopic (exact) mass is 236 g/mol. The molecule has 1 aromatic rings. The van der Waals surface area contributed by atoms with Crippen LogP contribution in [0.2, 0.25) is 0 Å². The van der Waals surface area contributed by atoms with Crippen molar-refractivity contribution >= 4 is 0 Å². The lowest BCUT2D eigenvalue weighted by molar-refractivity contribution is 0.110. The van der Waals surface area contributed by atoms with Crippen molar-refractivity contribution < 1.29 is 9.47 Å². The van der Waals surface area contributed by atoms with Gasteiger partial charge in [0.15, 0.2) is 0 Å². The molecule has 17 heavy (non-hydrogen) atoms. The molecule has 1 aromatic heterocycles. The highest BCUT2D eigenvalue weighted by Gasteiger charge is 2.14. The molecule has 0 bridgehead atoms. The number of hydrogen-bond donors (Lipinski definition) is 1. The van der Waals surface area contributed by atoms with Crippen molar-refractivity contribution in [2.24, 2.45) is 0 Å². The molecule has 1 aliphatic rings. The fourth-order valence-electron chi connectivity index (χ4n) is 2.08. The first-order chi connectivity index (χ1) is 8.28. The lowest BCUT2D eigenvalue weighted by Crippen LogP contribution is -2.26. The van der Waals surface area contributed by atoms with Crippen LogP contribution >= 0.6 is 0 Å². The first-order valence-corrected chi connectivity index (χ1v) is 6.12. The summed E-state index contributed by atoms with van der Waals surface area (Å²) in [6.07, 6.45) is 2.72. The highest BCUT2D eigenvalue weighted by Crippen LogP contribution is 2.14. The standard InChI is InChI=1S/C13H20N2O2/c1-10-6-13(16-2)7-11(15-10)8-14-9-12-4-3-5-17-12/h6-7,12,14H,3-5,8-9H2,1-2H3. The van der Waals surface area contributed by atoms with Crippen LogP contribution in [-0.2, 0) is 11.3 Å². The molecule has 94 valence electrons. The number of methoxy groups -OCH3 is 1. The molecule has 0 aliphatic carbocycles. The SMILES string of the molecule is COc1cc(C)nc(CNCC2CCCO2)c1. The Morgan fingerprint density at radius 2 is 2.41 bits per heavy atom. The molecule has 1 fully saturated rings. The zero-order valence-electron chi connectivity index (χ0n) is 10.5. The van der Waals surface area contributed by atoms with Gasteiger partial charge < -0.3 is 14.8 Å². The first kappa shape index (κ1) is 12.3. The van der Waals surface area contributed by atoms with Crippen molar-refractivity contribution in [1.29, 1.82) is 0 Å². The maximum Gasteiger partial charge on any atom is 0.122 e. The van der Waals surface area contributed by atoms with Crippen LogP contribution in [0.1, 0.15) is 24.2 Å². The van der Waals surface area contributed by atoms with Crippen molar-refractivity contribution in [1.82, 2.24) is 10.3 Å². The van der Waals surface area contributed by atoms with Crippen molar-refractivity contribution in [3.8, 4) is 5.75 Å². The van der Waals surface area contributed by atoms with Crippen LogP contribution in [0.3, 0.4) is 0 Å². The summed E-state index contributed by atoms with van der Waals surface area (Å²) in [6, 6.07) is 3.90. The number of ether oxygens (including phenoxy) is 2. The Bertz CT molecular complexity index is 362. The van der Waals surface area contributed by atoms with Crippen LogP contribution in [-0.4, -0.2) is 31.3 Å². The predicted octanol–water partition coefficient (Wildman–Crippen LogP) is 1.67. The molecule has 4 heteroatoms. The van der Waals surface area contributed by atoms with E-state index in [1.54, 1.807) is 7.11 Å². The molecule has 1 atom stereocenters. The summed E-state index contributed by atoms with van der Waals surface area (Å²) in [6.45, 7) is 4.55. The van der Waals surface area contributed by atoms with E-state index in [4.69, 9.17) is 9.47 Å². The second kappa shape index (κ2) is 5.98. The predicted molar refractivity (Wildman–Crippen MR) is 66.2 cm³/mol. The first-order valence-electron chi connectivity index (χ1n) is 6.12. The molecule has 0 spiro atoms. The number of aromatic nitrogens is 1. The second-order valence-corrected chi connectivity index (χ2v) is 4.41. The van der Waals surface area contributed by atoms with E-state index in [9.17, 15) is 0 Å². The molecule has 1 saturated heterocycles. The summed E-state index contributed by atoms with van der Waals surface area (Å²) in [5, 5.41) is 3.38. The molecule has 1 N–H and O–H groups in total. The summed E-state index contributed by atoms with van der Waals surface area (Å²) in [5.74, 6) is 0.867. The second-order valence-electron chi connectivity index (χ2n) is 4.41. The number of pyridine rings is 1. The molecule has 4 nitrogen and oxygen atoms in total. The largest absolute Gasteiger partial charge is 0.497 e. The summed E-state index contributed by atoms with van der Waals surface area (Å²) in [4.78, 5) is 4.46. The van der Waals surface area contributed by atoms with Crippen molar-refractivity contribution in [2.45, 2.75) is 32.4 Å². The molecule has 0 aromatic carbocycles. The topological polar surface area (TPSA) is 43.4 Å². The Morgan fingerprint density at radius 3 is 3.12 bits per heavy atom. The van der Waals surface area contributed by atoms with Gasteiger partial charge in [-0.05, 0) is 19.8 Å². The molecule has 1 unspecified atom stereocenters. The van der Waals surface area contributed by atoms with Gasteiger partial charge in [-0.1, -0.05) is 0 Å². The summed E-state index contributed by atoms with van der Waals surface area (Å²) >= 11 is 0. The van der Waals surface area contributed by atoms with E-state index in [-0.39, 0.29) is 0 Å². The zero-order chi connectivity index (χ0) is 12.1. The highest BCUT2D eigenvalue weighted by molar-refractivity contribution is 5.26. The quantitative estimate of drug-likeness (QED) is 0.844. The Morgan fingerprint density at radius 1 is 1.53 bits per heavy atom. The number of hydrogen-bond acceptors (Lipinski definition) is 4. The summed E-state index contributed by atoms with van der Waals surface area (Å²) < 4.78 is 10.8. The normalized spacial score (nSPS) is 19.5. The van der Waals surface area contributed by atoms with Gasteiger partial charge in [-0.25, -0.2) is 0 Å². The average Bonchev–Trinajstić information content (AvgIpc) is 2.81. The van der Waals surface area contributed by atoms with Gasteiger partial charge in [0, 0.05) is 37.5 Å². The lowest BCUT2D eigenvalue weighted by atomic mass is 10.2. The average molecular weight is 236 g/mol. The van der Waals surface area contributed by atoms with Crippen molar-refractivity contribution in [3.05, 3.63) is 23.5 Å². The Hall–Kier alpha value is -1.13. The van der Waals surface area contributed by atoms with E-state index < -0.39 is 0 Å². The van der Waals surface area contributed by atoms with E-state index in [1.807, 2.05) is 19.1 Å². The molecule has 0 amide bonds. The Labute approximate surface area is 102 Å². The van der Waals surface area contributed by atoms with E-state index in [1.165, 1.54) is 6.42 Å². The van der Waals surface area contributed by atoms with Gasteiger partial charge >= 0.3 is 0 Å². The Kier molecular flexibility index (Phi) is 4.34. The van der Waals surface area contributed by atoms with E-state index >= 15 is 0 Å². The Balaban J connectivity index is 1.83. The van der Waals surface area contributed by atoms with Crippen LogP contribution in [0, 0.1) is 6.92 Å². The van der Waals surface area contributed by atoms with Gasteiger partial charge in [0.05, 0.1) is 18.9 Å². The van der Waals surface area contributed by atoms with E-state index in [0.29, 0.717) is 6.10 Å². The van der Waals surface area contributed by atoms with Gasteiger partial charge in [0.2, 0.25) is 0 Å². The van der Waals surface area contributed by atoms with Crippen LogP contribution in [0.15, 0.2) is 12.1 Å². The number of rotatable bonds is 5. The molecule has 1 aliphatic heterocycles. The minimum Gasteiger partial charge on any atom is -0.497 e. The van der Waals surface area contributed by atoms with Gasteiger partial charge in [0.1, 0.15) is 5.75 Å². The number of aryl methyl sites for hydroxylation is 1. The summed E-state index contributed by atoms with van der Waals surface area (Å²) in [7, 11) is 1.68. The third-order valence-electron chi connectivity index (χ3n) is 2.92. The van der Waals surface area contributed by atoms with Crippen molar-refractivity contribution in [3.63, 3.8) is 0 Å². The van der Waals surface area contributed by atoms with Gasteiger partial charge in [0.25, 0.3) is 0 Å². The van der Waals surface area contributed by atoms with Gasteiger partial charge in [-0.2, -0.15) is 0 Å². The zero-order valence-corrected chi connectivity index (χ0v) is 10.5. The fourth-order valence-corrected chi connectivity index (χ4v) is 2.08. The third kappa shape index (κ3) is 3.68. The molecular formula is C13H20N2O2. The van der Waals surface area contributed by atoms with Gasteiger partial charge in [-0.3, -0.25) is 4.98 Å². The van der Waals surface area contributed by atoms with Crippen LogP contribution in [0.4, 0.5) is 0 Å². The highest BCUT2D eigenvalue weighted by atomic mass is 16.5. The maximum absolute atomic E-state index is 5.55. The number of nitrogens with one attached hydrogen (secondary N) is 1. The molecule has 2 rings (SSSR count).